The summed E-state index contributed by atoms with van der Waals surface area (Å²) in [6, 6.07) is 0. The number of aliphatic hydroxyl groups is 3. The van der Waals surface area contributed by atoms with Gasteiger partial charge >= 0.3 is 5.97 Å². The van der Waals surface area contributed by atoms with Crippen molar-refractivity contribution < 1.29 is 39.2 Å². The Morgan fingerprint density at radius 3 is 2.03 bits per heavy atom. The van der Waals surface area contributed by atoms with Crippen LogP contribution in [-0.2, 0) is 23.9 Å². The highest BCUT2D eigenvalue weighted by Crippen LogP contribution is 2.64. The van der Waals surface area contributed by atoms with Gasteiger partial charge in [-0.2, -0.15) is 0 Å². The molecule has 192 valence electrons. The lowest BCUT2D eigenvalue weighted by atomic mass is 9.40. The van der Waals surface area contributed by atoms with Gasteiger partial charge in [-0.1, -0.05) is 36.5 Å². The molecule has 6 atom stereocenters. The minimum Gasteiger partial charge on any atom is -0.508 e. The molecule has 0 saturated heterocycles. The van der Waals surface area contributed by atoms with E-state index in [1.54, 1.807) is 38.2 Å². The van der Waals surface area contributed by atoms with Crippen LogP contribution < -0.4 is 0 Å². The number of aliphatic hydroxyl groups excluding tert-OH is 2. The van der Waals surface area contributed by atoms with Gasteiger partial charge in [0.15, 0.2) is 23.0 Å². The standard InChI is InChI=1S/C28H32O8/c1-7-9-11-13-16(29)18-20-21(28(6)22(31)15(3)24(33)36-28)19(17(30)14-12-10-8-2)26(4,23(18)32)25(34)27(20,5)35/h7-14,19-21,29,31,35H,1-6H3/b9-7+,10-8+,13-11+,14-12+,18-16-/t19-,20-,21-,26-,27?,28+/m1/s1. The van der Waals surface area contributed by atoms with Gasteiger partial charge in [-0.25, -0.2) is 4.79 Å². The summed E-state index contributed by atoms with van der Waals surface area (Å²) >= 11 is 0. The third-order valence-corrected chi connectivity index (χ3v) is 7.68. The second kappa shape index (κ2) is 9.17. The zero-order chi connectivity index (χ0) is 27.2. The van der Waals surface area contributed by atoms with Gasteiger partial charge in [0.2, 0.25) is 0 Å². The second-order valence-corrected chi connectivity index (χ2v) is 9.93. The fraction of sp³-hybridized carbons (Fsp3) is 0.429. The van der Waals surface area contributed by atoms with Crippen LogP contribution >= 0.6 is 0 Å². The molecule has 1 unspecified atom stereocenters. The normalized spacial score (nSPS) is 38.4. The van der Waals surface area contributed by atoms with E-state index >= 15 is 0 Å². The molecule has 8 heteroatoms. The summed E-state index contributed by atoms with van der Waals surface area (Å²) in [6.07, 6.45) is 12.0. The monoisotopic (exact) mass is 496 g/mol. The minimum atomic E-state index is -2.22. The fourth-order valence-corrected chi connectivity index (χ4v) is 5.93. The molecule has 1 aliphatic heterocycles. The number of carbonyl (C=O) groups excluding carboxylic acids is 4. The summed E-state index contributed by atoms with van der Waals surface area (Å²) in [6.45, 7) is 8.72. The Labute approximate surface area is 210 Å². The van der Waals surface area contributed by atoms with E-state index in [2.05, 4.69) is 0 Å². The third-order valence-electron chi connectivity index (χ3n) is 7.68. The molecule has 4 rings (SSSR count). The summed E-state index contributed by atoms with van der Waals surface area (Å²) in [5.74, 6) is -8.17. The van der Waals surface area contributed by atoms with E-state index in [9.17, 15) is 34.5 Å². The van der Waals surface area contributed by atoms with E-state index in [4.69, 9.17) is 4.74 Å². The van der Waals surface area contributed by atoms with Crippen LogP contribution in [0.25, 0.3) is 0 Å². The SMILES string of the molecule is C/C=C/C=C/C(=O)[C@@H]1[C@@H]([C@]2(C)OC(=O)C(C)=C2O)[C@H]2\C(=C(O)/C=C/C=C/C)C(=O)[C@]1(C)C(=O)C2(C)O. The maximum absolute atomic E-state index is 13.8. The largest absolute Gasteiger partial charge is 0.508 e. The molecule has 0 radical (unpaired) electrons. The van der Waals surface area contributed by atoms with Crippen molar-refractivity contribution in [1.82, 2.24) is 0 Å². The second-order valence-electron chi connectivity index (χ2n) is 9.93. The molecule has 8 nitrogen and oxygen atoms in total. The Hall–Kier alpha value is -3.52. The van der Waals surface area contributed by atoms with Gasteiger partial charge in [0.25, 0.3) is 0 Å². The van der Waals surface area contributed by atoms with Crippen molar-refractivity contribution in [1.29, 1.82) is 0 Å². The minimum absolute atomic E-state index is 0.0835. The quantitative estimate of drug-likeness (QED) is 0.167. The molecule has 3 saturated carbocycles. The van der Waals surface area contributed by atoms with Crippen LogP contribution in [0.2, 0.25) is 0 Å². The molecule has 3 N–H and O–H groups in total. The average molecular weight is 497 g/mol. The zero-order valence-corrected chi connectivity index (χ0v) is 21.2. The first kappa shape index (κ1) is 27.1. The molecule has 36 heavy (non-hydrogen) atoms. The predicted molar refractivity (Wildman–Crippen MR) is 132 cm³/mol. The van der Waals surface area contributed by atoms with Gasteiger partial charge in [0.05, 0.1) is 5.57 Å². The van der Waals surface area contributed by atoms with Crippen LogP contribution in [0.1, 0.15) is 41.5 Å². The van der Waals surface area contributed by atoms with Crippen LogP contribution in [0.5, 0.6) is 0 Å². The van der Waals surface area contributed by atoms with Crippen molar-refractivity contribution in [2.75, 3.05) is 0 Å². The lowest BCUT2D eigenvalue weighted by Gasteiger charge is -2.60. The molecule has 4 aliphatic rings. The van der Waals surface area contributed by atoms with Gasteiger partial charge in [-0.15, -0.1) is 0 Å². The number of rotatable bonds is 6. The van der Waals surface area contributed by atoms with Crippen molar-refractivity contribution in [3.63, 3.8) is 0 Å². The first-order valence-corrected chi connectivity index (χ1v) is 11.7. The molecule has 1 heterocycles. The first-order chi connectivity index (χ1) is 16.7. The van der Waals surface area contributed by atoms with Crippen LogP contribution in [-0.4, -0.2) is 49.8 Å². The third kappa shape index (κ3) is 3.63. The average Bonchev–Trinajstić information content (AvgIpc) is 3.01. The molecule has 3 fully saturated rings. The number of esters is 1. The van der Waals surface area contributed by atoms with Gasteiger partial charge in [0, 0.05) is 23.3 Å². The maximum Gasteiger partial charge on any atom is 0.338 e. The molecule has 2 bridgehead atoms. The van der Waals surface area contributed by atoms with Crippen molar-refractivity contribution in [3.05, 3.63) is 71.3 Å². The number of Topliss-reactive ketones (excluding diaryl/α,β-unsaturated/α-hetero) is 2. The van der Waals surface area contributed by atoms with E-state index in [0.717, 1.165) is 0 Å². The highest BCUT2D eigenvalue weighted by Gasteiger charge is 2.77. The van der Waals surface area contributed by atoms with Crippen LogP contribution in [0.4, 0.5) is 0 Å². The summed E-state index contributed by atoms with van der Waals surface area (Å²) in [5.41, 5.74) is -6.53. The molecular formula is C28H32O8. The smallest absolute Gasteiger partial charge is 0.338 e. The highest BCUT2D eigenvalue weighted by atomic mass is 16.6. The van der Waals surface area contributed by atoms with E-state index < -0.39 is 69.2 Å². The number of cyclic esters (lactones) is 1. The Balaban J connectivity index is 2.41. The maximum atomic E-state index is 13.8. The van der Waals surface area contributed by atoms with Crippen LogP contribution in [0.15, 0.2) is 71.3 Å². The highest BCUT2D eigenvalue weighted by molar-refractivity contribution is 6.24. The molecule has 0 aromatic carbocycles. The van der Waals surface area contributed by atoms with Gasteiger partial charge in [0.1, 0.15) is 22.5 Å². The van der Waals surface area contributed by atoms with Gasteiger partial charge in [-0.05, 0) is 53.7 Å². The molecule has 0 aromatic rings. The van der Waals surface area contributed by atoms with E-state index in [1.165, 1.54) is 52.0 Å². The Kier molecular flexibility index (Phi) is 6.89. The lowest BCUT2D eigenvalue weighted by Crippen LogP contribution is -2.75. The Morgan fingerprint density at radius 2 is 1.53 bits per heavy atom. The van der Waals surface area contributed by atoms with E-state index in [1.807, 2.05) is 0 Å². The number of ether oxygens (including phenoxy) is 1. The Bertz CT molecular complexity index is 1210. The van der Waals surface area contributed by atoms with Gasteiger partial charge < -0.3 is 20.1 Å². The number of carbonyl (C=O) groups is 4. The first-order valence-electron chi connectivity index (χ1n) is 11.7. The molecular weight excluding hydrogens is 464 g/mol. The van der Waals surface area contributed by atoms with E-state index in [-0.39, 0.29) is 11.1 Å². The predicted octanol–water partition coefficient (Wildman–Crippen LogP) is 3.55. The summed E-state index contributed by atoms with van der Waals surface area (Å²) in [5, 5.41) is 33.5. The molecule has 3 aliphatic carbocycles. The fourth-order valence-electron chi connectivity index (χ4n) is 5.93. The molecule has 0 spiro atoms. The zero-order valence-electron chi connectivity index (χ0n) is 21.2. The topological polar surface area (TPSA) is 138 Å². The number of hydrogen-bond acceptors (Lipinski definition) is 8. The van der Waals surface area contributed by atoms with E-state index in [0.29, 0.717) is 0 Å². The summed E-state index contributed by atoms with van der Waals surface area (Å²) in [4.78, 5) is 53.5. The van der Waals surface area contributed by atoms with Gasteiger partial charge in [-0.3, -0.25) is 14.4 Å². The summed E-state index contributed by atoms with van der Waals surface area (Å²) < 4.78 is 5.59. The number of ketones is 3. The lowest BCUT2D eigenvalue weighted by molar-refractivity contribution is -0.203. The number of allylic oxidation sites excluding steroid dienone is 8. The van der Waals surface area contributed by atoms with Crippen LogP contribution in [0, 0.1) is 23.2 Å². The van der Waals surface area contributed by atoms with Crippen molar-refractivity contribution in [3.8, 4) is 0 Å². The van der Waals surface area contributed by atoms with Crippen molar-refractivity contribution in [2.24, 2.45) is 23.2 Å². The Morgan fingerprint density at radius 1 is 0.972 bits per heavy atom. The molecule has 0 aromatic heterocycles. The summed E-state index contributed by atoms with van der Waals surface area (Å²) in [7, 11) is 0. The van der Waals surface area contributed by atoms with Crippen molar-refractivity contribution >= 4 is 23.3 Å². The van der Waals surface area contributed by atoms with Crippen LogP contribution in [0.3, 0.4) is 0 Å². The number of fused-ring (bicyclic) bond motifs is 3. The van der Waals surface area contributed by atoms with Crippen molar-refractivity contribution in [2.45, 2.75) is 52.7 Å². The number of hydrogen-bond donors (Lipinski definition) is 3. The molecule has 0 amide bonds.